The number of rotatable bonds is 8. The Hall–Kier alpha value is 0.130. The molecule has 0 aliphatic carbocycles. The molecule has 11 heavy (non-hydrogen) atoms. The average Bonchev–Trinajstić information content (AvgIpc) is 2.03. The first kappa shape index (κ1) is 11.1. The van der Waals surface area contributed by atoms with Crippen LogP contribution in [0.15, 0.2) is 0 Å². The van der Waals surface area contributed by atoms with E-state index in [9.17, 15) is 4.79 Å². The zero-order valence-corrected chi connectivity index (χ0v) is 8.26. The van der Waals surface area contributed by atoms with Gasteiger partial charge in [-0.3, -0.25) is 4.79 Å². The number of carbonyl (C=O) groups is 1. The van der Waals surface area contributed by atoms with Crippen LogP contribution >= 0.6 is 21.6 Å². The van der Waals surface area contributed by atoms with Crippen molar-refractivity contribution in [3.63, 3.8) is 0 Å². The molecule has 0 heterocycles. The Morgan fingerprint density at radius 1 is 1.27 bits per heavy atom. The Balaban J connectivity index is 2.74. The van der Waals surface area contributed by atoms with Crippen molar-refractivity contribution >= 4 is 28.0 Å². The van der Waals surface area contributed by atoms with Crippen LogP contribution in [0, 0.1) is 0 Å². The van der Waals surface area contributed by atoms with E-state index in [-0.39, 0.29) is 0 Å². The highest BCUT2D eigenvalue weighted by atomic mass is 33.1. The highest BCUT2D eigenvalue weighted by Gasteiger charge is 1.88. The molecule has 0 aromatic carbocycles. The molecular weight excluding hydrogens is 180 g/mol. The molecule has 0 aromatic heterocycles. The van der Waals surface area contributed by atoms with Crippen LogP contribution in [0.4, 0.5) is 0 Å². The second-order valence-corrected chi connectivity index (χ2v) is 4.52. The number of carbonyl (C=O) groups excluding carboxylic acids is 1. The third kappa shape index (κ3) is 10.1. The normalized spacial score (nSPS) is 9.55. The Morgan fingerprint density at radius 2 is 1.91 bits per heavy atom. The summed E-state index contributed by atoms with van der Waals surface area (Å²) < 4.78 is 0. The lowest BCUT2D eigenvalue weighted by molar-refractivity contribution is -0.109. The summed E-state index contributed by atoms with van der Waals surface area (Å²) in [5.41, 5.74) is 0. The van der Waals surface area contributed by atoms with E-state index >= 15 is 0 Å². The molecule has 0 unspecified atom stereocenters. The van der Waals surface area contributed by atoms with Crippen molar-refractivity contribution in [1.29, 1.82) is 0 Å². The molecule has 0 aliphatic heterocycles. The number of nitrogens with one attached hydrogen (secondary N) is 2. The van der Waals surface area contributed by atoms with Gasteiger partial charge in [0.05, 0.1) is 0 Å². The van der Waals surface area contributed by atoms with Crippen molar-refractivity contribution in [3.8, 4) is 0 Å². The summed E-state index contributed by atoms with van der Waals surface area (Å²) in [5.74, 6) is 2.09. The fraction of sp³-hybridized carbons (Fsp3) is 0.833. The predicted molar refractivity (Wildman–Crippen MR) is 52.9 cm³/mol. The summed E-state index contributed by atoms with van der Waals surface area (Å²) in [4.78, 5) is 9.80. The number of amides is 1. The quantitative estimate of drug-likeness (QED) is 0.332. The van der Waals surface area contributed by atoms with Gasteiger partial charge in [-0.1, -0.05) is 21.6 Å². The van der Waals surface area contributed by atoms with E-state index in [0.717, 1.165) is 31.0 Å². The van der Waals surface area contributed by atoms with E-state index < -0.39 is 0 Å². The van der Waals surface area contributed by atoms with Gasteiger partial charge >= 0.3 is 0 Å². The molecule has 0 bridgehead atoms. The predicted octanol–water partition coefficient (Wildman–Crippen LogP) is 0.333. The fourth-order valence-electron chi connectivity index (χ4n) is 0.421. The van der Waals surface area contributed by atoms with Crippen molar-refractivity contribution in [2.75, 3.05) is 31.6 Å². The summed E-state index contributed by atoms with van der Waals surface area (Å²) in [6.07, 6.45) is 0.735. The first-order valence-electron chi connectivity index (χ1n) is 3.48. The first-order chi connectivity index (χ1) is 5.41. The van der Waals surface area contributed by atoms with Gasteiger partial charge in [-0.05, 0) is 7.05 Å². The number of hydrogen-bond acceptors (Lipinski definition) is 4. The Labute approximate surface area is 75.5 Å². The SMILES string of the molecule is CNCCSSCCNC=O. The molecule has 0 radical (unpaired) electrons. The minimum Gasteiger partial charge on any atom is -0.358 e. The van der Waals surface area contributed by atoms with Gasteiger partial charge in [0.1, 0.15) is 0 Å². The second-order valence-electron chi connectivity index (χ2n) is 1.82. The van der Waals surface area contributed by atoms with Crippen molar-refractivity contribution < 1.29 is 4.79 Å². The van der Waals surface area contributed by atoms with Gasteiger partial charge in [-0.25, -0.2) is 0 Å². The van der Waals surface area contributed by atoms with Crippen LogP contribution in [0.25, 0.3) is 0 Å². The van der Waals surface area contributed by atoms with Gasteiger partial charge in [0.15, 0.2) is 0 Å². The molecule has 0 fully saturated rings. The van der Waals surface area contributed by atoms with Gasteiger partial charge in [-0.2, -0.15) is 0 Å². The molecule has 0 saturated carbocycles. The largest absolute Gasteiger partial charge is 0.358 e. The highest BCUT2D eigenvalue weighted by molar-refractivity contribution is 8.76. The van der Waals surface area contributed by atoms with E-state index in [1.165, 1.54) is 0 Å². The van der Waals surface area contributed by atoms with Crippen molar-refractivity contribution in [2.45, 2.75) is 0 Å². The number of hydrogen-bond donors (Lipinski definition) is 2. The van der Waals surface area contributed by atoms with Gasteiger partial charge < -0.3 is 10.6 Å². The van der Waals surface area contributed by atoms with Gasteiger partial charge in [0.25, 0.3) is 0 Å². The molecule has 5 heteroatoms. The molecule has 0 aromatic rings. The van der Waals surface area contributed by atoms with E-state index in [0.29, 0.717) is 0 Å². The third-order valence-electron chi connectivity index (χ3n) is 0.932. The van der Waals surface area contributed by atoms with Crippen LogP contribution in [-0.2, 0) is 4.79 Å². The van der Waals surface area contributed by atoms with Gasteiger partial charge in [0, 0.05) is 24.6 Å². The molecule has 1 amide bonds. The topological polar surface area (TPSA) is 41.1 Å². The maximum Gasteiger partial charge on any atom is 0.207 e. The van der Waals surface area contributed by atoms with Crippen LogP contribution in [0.5, 0.6) is 0 Å². The molecule has 0 saturated heterocycles. The lowest BCUT2D eigenvalue weighted by Crippen LogP contribution is -2.14. The molecule has 2 N–H and O–H groups in total. The summed E-state index contributed by atoms with van der Waals surface area (Å²) in [7, 11) is 5.56. The van der Waals surface area contributed by atoms with E-state index in [1.807, 2.05) is 17.8 Å². The molecule has 3 nitrogen and oxygen atoms in total. The first-order valence-corrected chi connectivity index (χ1v) is 5.96. The van der Waals surface area contributed by atoms with Crippen LogP contribution in [0.3, 0.4) is 0 Å². The lowest BCUT2D eigenvalue weighted by Gasteiger charge is -1.99. The van der Waals surface area contributed by atoms with Crippen molar-refractivity contribution in [2.24, 2.45) is 0 Å². The monoisotopic (exact) mass is 194 g/mol. The minimum atomic E-state index is 0.735. The maximum absolute atomic E-state index is 9.80. The van der Waals surface area contributed by atoms with Crippen molar-refractivity contribution in [1.82, 2.24) is 10.6 Å². The molecule has 0 rings (SSSR count). The van der Waals surface area contributed by atoms with Crippen LogP contribution in [0.1, 0.15) is 0 Å². The third-order valence-corrected chi connectivity index (χ3v) is 3.34. The zero-order chi connectivity index (χ0) is 8.36. The Morgan fingerprint density at radius 3 is 2.45 bits per heavy atom. The minimum absolute atomic E-state index is 0.735. The molecular formula is C6H14N2OS2. The molecule has 0 atom stereocenters. The van der Waals surface area contributed by atoms with Crippen LogP contribution < -0.4 is 10.6 Å². The average molecular weight is 194 g/mol. The van der Waals surface area contributed by atoms with Crippen LogP contribution in [-0.4, -0.2) is 38.1 Å². The Bertz CT molecular complexity index is 92.7. The van der Waals surface area contributed by atoms with Gasteiger partial charge in [0.2, 0.25) is 6.41 Å². The second kappa shape index (κ2) is 10.1. The zero-order valence-electron chi connectivity index (χ0n) is 6.63. The Kier molecular flexibility index (Phi) is 10.2. The lowest BCUT2D eigenvalue weighted by atomic mass is 10.8. The maximum atomic E-state index is 9.80. The summed E-state index contributed by atoms with van der Waals surface area (Å²) in [6.45, 7) is 1.81. The molecule has 0 spiro atoms. The fourth-order valence-corrected chi connectivity index (χ4v) is 2.35. The van der Waals surface area contributed by atoms with Crippen molar-refractivity contribution in [3.05, 3.63) is 0 Å². The summed E-state index contributed by atoms with van der Waals surface area (Å²) in [5, 5.41) is 5.67. The van der Waals surface area contributed by atoms with E-state index in [4.69, 9.17) is 0 Å². The van der Waals surface area contributed by atoms with E-state index in [1.54, 1.807) is 10.8 Å². The molecule has 66 valence electrons. The van der Waals surface area contributed by atoms with Crippen LogP contribution in [0.2, 0.25) is 0 Å². The smallest absolute Gasteiger partial charge is 0.207 e. The summed E-state index contributed by atoms with van der Waals surface area (Å²) in [6, 6.07) is 0. The molecule has 0 aliphatic rings. The van der Waals surface area contributed by atoms with Gasteiger partial charge in [-0.15, -0.1) is 0 Å². The highest BCUT2D eigenvalue weighted by Crippen LogP contribution is 2.18. The standard InChI is InChI=1S/C6H14N2OS2/c1-7-2-4-10-11-5-3-8-6-9/h6-7H,2-5H2,1H3,(H,8,9). The summed E-state index contributed by atoms with van der Waals surface area (Å²) >= 11 is 0. The van der Waals surface area contributed by atoms with E-state index in [2.05, 4.69) is 10.6 Å².